The van der Waals surface area contributed by atoms with Gasteiger partial charge in [0.05, 0.1) is 18.2 Å². The van der Waals surface area contributed by atoms with Crippen LogP contribution in [0, 0.1) is 19.8 Å². The average molecular weight is 502 g/mol. The maximum atomic E-state index is 14.7. The average Bonchev–Trinajstić information content (AvgIpc) is 3.34. The number of alkyl halides is 1. The summed E-state index contributed by atoms with van der Waals surface area (Å²) in [6.07, 6.45) is 3.65. The van der Waals surface area contributed by atoms with E-state index in [4.69, 9.17) is 5.14 Å². The number of aromatic nitrogens is 3. The molecule has 3 aromatic rings. The van der Waals surface area contributed by atoms with Gasteiger partial charge in [0.1, 0.15) is 18.3 Å². The van der Waals surface area contributed by atoms with E-state index in [-0.39, 0.29) is 36.1 Å². The minimum absolute atomic E-state index is 0.114. The van der Waals surface area contributed by atoms with Gasteiger partial charge in [-0.05, 0) is 44.2 Å². The molecule has 0 amide bonds. The van der Waals surface area contributed by atoms with Crippen LogP contribution >= 0.6 is 0 Å². The van der Waals surface area contributed by atoms with Gasteiger partial charge in [0, 0.05) is 30.2 Å². The molecule has 186 valence electrons. The Morgan fingerprint density at radius 1 is 1.29 bits per heavy atom. The Bertz CT molecular complexity index is 1330. The summed E-state index contributed by atoms with van der Waals surface area (Å²) in [6.45, 7) is 4.40. The highest BCUT2D eigenvalue weighted by Crippen LogP contribution is 2.32. The van der Waals surface area contributed by atoms with E-state index in [2.05, 4.69) is 25.5 Å². The molecule has 4 rings (SSSR count). The van der Waals surface area contributed by atoms with Gasteiger partial charge in [-0.2, -0.15) is 8.42 Å². The summed E-state index contributed by atoms with van der Waals surface area (Å²) in [7, 11) is -4.09. The summed E-state index contributed by atoms with van der Waals surface area (Å²) < 4.78 is 43.3. The molecule has 1 fully saturated rings. The Morgan fingerprint density at radius 3 is 2.83 bits per heavy atom. The molecule has 1 saturated carbocycles. The lowest BCUT2D eigenvalue weighted by molar-refractivity contribution is 0.103. The largest absolute Gasteiger partial charge is 0.364 e. The first kappa shape index (κ1) is 25.0. The maximum Gasteiger partial charge on any atom is 0.333 e. The predicted molar refractivity (Wildman–Crippen MR) is 129 cm³/mol. The van der Waals surface area contributed by atoms with Crippen molar-refractivity contribution in [1.82, 2.24) is 14.5 Å². The van der Waals surface area contributed by atoms with Gasteiger partial charge in [-0.3, -0.25) is 8.98 Å². The molecule has 9 nitrogen and oxygen atoms in total. The van der Waals surface area contributed by atoms with Crippen molar-refractivity contribution in [2.45, 2.75) is 45.4 Å². The molecule has 0 spiro atoms. The number of nitrogens with zero attached hydrogens (tertiary/aromatic N) is 3. The molecule has 2 aromatic heterocycles. The van der Waals surface area contributed by atoms with Gasteiger partial charge in [-0.1, -0.05) is 29.8 Å². The zero-order valence-corrected chi connectivity index (χ0v) is 20.3. The van der Waals surface area contributed by atoms with Gasteiger partial charge in [0.2, 0.25) is 0 Å². The quantitative estimate of drug-likeness (QED) is 0.431. The molecule has 0 aliphatic heterocycles. The van der Waals surface area contributed by atoms with Crippen LogP contribution < -0.4 is 10.5 Å². The Kier molecular flexibility index (Phi) is 7.29. The Hall–Kier alpha value is -3.15. The van der Waals surface area contributed by atoms with Gasteiger partial charge >= 0.3 is 10.3 Å². The monoisotopic (exact) mass is 501 g/mol. The standard InChI is InChI=1S/C24H28FN5O4S/c1-15-4-3-5-17(6-15)11-30-12-19(7-16(30)2)23(31)20-10-27-14-28-24(20)29-22-9-18(8-21(22)25)13-34-35(26,32)33/h3-7,10,12,14,18,21-22H,8-9,11,13H2,1-2H3,(H2,26,32,33)(H,27,28,29). The molecule has 1 aromatic carbocycles. The van der Waals surface area contributed by atoms with Crippen LogP contribution in [0.3, 0.4) is 0 Å². The third-order valence-electron chi connectivity index (χ3n) is 6.14. The lowest BCUT2D eigenvalue weighted by Gasteiger charge is -2.17. The van der Waals surface area contributed by atoms with Gasteiger partial charge in [-0.25, -0.2) is 19.5 Å². The number of carbonyl (C=O) groups is 1. The molecule has 1 aliphatic rings. The molecule has 1 aliphatic carbocycles. The number of anilines is 1. The smallest absolute Gasteiger partial charge is 0.333 e. The summed E-state index contributed by atoms with van der Waals surface area (Å²) >= 11 is 0. The minimum Gasteiger partial charge on any atom is -0.364 e. The molecule has 35 heavy (non-hydrogen) atoms. The van der Waals surface area contributed by atoms with Gasteiger partial charge in [-0.15, -0.1) is 0 Å². The predicted octanol–water partition coefficient (Wildman–Crippen LogP) is 2.92. The van der Waals surface area contributed by atoms with Crippen LogP contribution in [0.5, 0.6) is 0 Å². The summed E-state index contributed by atoms with van der Waals surface area (Å²) in [5.41, 5.74) is 3.94. The van der Waals surface area contributed by atoms with E-state index in [1.807, 2.05) is 42.7 Å². The van der Waals surface area contributed by atoms with E-state index in [9.17, 15) is 17.6 Å². The fraction of sp³-hybridized carbons (Fsp3) is 0.375. The van der Waals surface area contributed by atoms with E-state index in [1.165, 1.54) is 12.5 Å². The third-order valence-corrected chi connectivity index (χ3v) is 6.60. The fourth-order valence-corrected chi connectivity index (χ4v) is 4.80. The molecule has 0 radical (unpaired) electrons. The summed E-state index contributed by atoms with van der Waals surface area (Å²) in [5, 5.41) is 7.88. The molecule has 2 heterocycles. The van der Waals surface area contributed by atoms with Crippen LogP contribution in [0.2, 0.25) is 0 Å². The number of hydrogen-bond donors (Lipinski definition) is 2. The van der Waals surface area contributed by atoms with Crippen molar-refractivity contribution in [1.29, 1.82) is 0 Å². The van der Waals surface area contributed by atoms with Crippen LogP contribution in [-0.2, 0) is 21.0 Å². The normalized spacial score (nSPS) is 20.2. The van der Waals surface area contributed by atoms with E-state index in [0.717, 1.165) is 16.8 Å². The SMILES string of the molecule is Cc1cccc(Cn2cc(C(=O)c3cncnc3NC3CC(COS(N)(=O)=O)CC3F)cc2C)c1. The molecule has 0 bridgehead atoms. The Morgan fingerprint density at radius 2 is 2.09 bits per heavy atom. The number of benzene rings is 1. The molecular formula is C24H28FN5O4S. The number of aryl methyl sites for hydroxylation is 2. The van der Waals surface area contributed by atoms with Crippen LogP contribution in [0.1, 0.15) is 45.6 Å². The number of nitrogens with one attached hydrogen (secondary N) is 1. The van der Waals surface area contributed by atoms with Gasteiger partial charge in [0.15, 0.2) is 5.78 Å². The van der Waals surface area contributed by atoms with Crippen molar-refractivity contribution < 1.29 is 21.8 Å². The van der Waals surface area contributed by atoms with Crippen molar-refractivity contribution >= 4 is 21.9 Å². The lowest BCUT2D eigenvalue weighted by atomic mass is 10.1. The van der Waals surface area contributed by atoms with E-state index in [1.54, 1.807) is 6.20 Å². The van der Waals surface area contributed by atoms with Crippen LogP contribution in [0.15, 0.2) is 49.1 Å². The summed E-state index contributed by atoms with van der Waals surface area (Å²) in [5.74, 6) is -0.378. The lowest BCUT2D eigenvalue weighted by Crippen LogP contribution is -2.27. The maximum absolute atomic E-state index is 14.7. The molecule has 3 unspecified atom stereocenters. The van der Waals surface area contributed by atoms with E-state index < -0.39 is 22.5 Å². The van der Waals surface area contributed by atoms with Crippen LogP contribution in [-0.4, -0.2) is 47.6 Å². The number of halogens is 1. The molecule has 3 atom stereocenters. The van der Waals surface area contributed by atoms with Crippen molar-refractivity contribution in [3.05, 3.63) is 77.0 Å². The zero-order chi connectivity index (χ0) is 25.2. The summed E-state index contributed by atoms with van der Waals surface area (Å²) in [6, 6.07) is 9.33. The van der Waals surface area contributed by atoms with Gasteiger partial charge in [0.25, 0.3) is 0 Å². The molecule has 0 saturated heterocycles. The number of carbonyl (C=O) groups excluding carboxylic acids is 1. The number of ketones is 1. The van der Waals surface area contributed by atoms with E-state index in [0.29, 0.717) is 18.5 Å². The second kappa shape index (κ2) is 10.2. The van der Waals surface area contributed by atoms with Crippen molar-refractivity contribution in [3.63, 3.8) is 0 Å². The van der Waals surface area contributed by atoms with Crippen LogP contribution in [0.25, 0.3) is 0 Å². The first-order chi connectivity index (χ1) is 16.6. The fourth-order valence-electron chi connectivity index (χ4n) is 4.42. The zero-order valence-electron chi connectivity index (χ0n) is 19.5. The first-order valence-electron chi connectivity index (χ1n) is 11.2. The Labute approximate surface area is 203 Å². The second-order valence-electron chi connectivity index (χ2n) is 8.98. The highest BCUT2D eigenvalue weighted by molar-refractivity contribution is 7.84. The van der Waals surface area contributed by atoms with Crippen molar-refractivity contribution in [2.24, 2.45) is 11.1 Å². The highest BCUT2D eigenvalue weighted by atomic mass is 32.2. The first-order valence-corrected chi connectivity index (χ1v) is 12.7. The summed E-state index contributed by atoms with van der Waals surface area (Å²) in [4.78, 5) is 21.5. The third kappa shape index (κ3) is 6.30. The topological polar surface area (TPSA) is 129 Å². The Balaban J connectivity index is 1.49. The van der Waals surface area contributed by atoms with E-state index >= 15 is 0 Å². The van der Waals surface area contributed by atoms with Crippen molar-refractivity contribution in [3.8, 4) is 0 Å². The molecule has 3 N–H and O–H groups in total. The van der Waals surface area contributed by atoms with Crippen molar-refractivity contribution in [2.75, 3.05) is 11.9 Å². The number of hydrogen-bond acceptors (Lipinski definition) is 7. The number of rotatable bonds is 9. The number of nitrogens with two attached hydrogens (primary N) is 1. The molecule has 11 heteroatoms. The highest BCUT2D eigenvalue weighted by Gasteiger charge is 2.36. The van der Waals surface area contributed by atoms with Gasteiger partial charge < -0.3 is 9.88 Å². The minimum atomic E-state index is -4.09. The van der Waals surface area contributed by atoms with Crippen LogP contribution in [0.4, 0.5) is 10.2 Å². The molecular weight excluding hydrogens is 473 g/mol. The second-order valence-corrected chi connectivity index (χ2v) is 10.2.